The van der Waals surface area contributed by atoms with Gasteiger partial charge in [0.2, 0.25) is 0 Å². The molecule has 1 aromatic carbocycles. The van der Waals surface area contributed by atoms with Crippen molar-refractivity contribution in [1.29, 1.82) is 0 Å². The van der Waals surface area contributed by atoms with Crippen molar-refractivity contribution < 1.29 is 27.1 Å². The number of aryl methyl sites for hydroxylation is 1. The summed E-state index contributed by atoms with van der Waals surface area (Å²) in [5, 5.41) is 2.22. The van der Waals surface area contributed by atoms with E-state index in [0.29, 0.717) is 23.7 Å². The molecule has 0 amide bonds. The highest BCUT2D eigenvalue weighted by molar-refractivity contribution is 5.75. The molecule has 1 atom stereocenters. The van der Waals surface area contributed by atoms with Gasteiger partial charge in [-0.05, 0) is 37.1 Å². The van der Waals surface area contributed by atoms with Gasteiger partial charge in [0.1, 0.15) is 6.61 Å². The van der Waals surface area contributed by atoms with Crippen molar-refractivity contribution in [2.45, 2.75) is 39.5 Å². The summed E-state index contributed by atoms with van der Waals surface area (Å²) >= 11 is 0. The third-order valence-corrected chi connectivity index (χ3v) is 4.38. The number of carbonyl (C=O) groups excluding carboxylic acids is 1. The summed E-state index contributed by atoms with van der Waals surface area (Å²) < 4.78 is 58.5. The maximum atomic E-state index is 13.8. The van der Waals surface area contributed by atoms with E-state index in [4.69, 9.17) is 4.74 Å². The Hall–Kier alpha value is -2.77. The van der Waals surface area contributed by atoms with Crippen molar-refractivity contribution in [2.75, 3.05) is 11.9 Å². The average molecular weight is 398 g/mol. The van der Waals surface area contributed by atoms with Crippen LogP contribution in [0.25, 0.3) is 6.08 Å². The highest BCUT2D eigenvalue weighted by Crippen LogP contribution is 2.36. The van der Waals surface area contributed by atoms with Crippen LogP contribution in [0, 0.1) is 6.92 Å². The monoisotopic (exact) mass is 398 g/mol. The van der Waals surface area contributed by atoms with Crippen molar-refractivity contribution in [2.24, 2.45) is 0 Å². The smallest absolute Gasteiger partial charge is 0.434 e. The van der Waals surface area contributed by atoms with E-state index in [-0.39, 0.29) is 24.3 Å². The summed E-state index contributed by atoms with van der Waals surface area (Å²) in [6.07, 6.45) is -0.981. The molecule has 0 bridgehead atoms. The quantitative estimate of drug-likeness (QED) is 0.413. The van der Waals surface area contributed by atoms with Crippen LogP contribution in [0.15, 0.2) is 42.5 Å². The molecule has 1 N–H and O–H groups in total. The van der Waals surface area contributed by atoms with Crippen LogP contribution < -0.4 is 5.32 Å². The maximum Gasteiger partial charge on any atom is 0.434 e. The third kappa shape index (κ3) is 4.94. The molecule has 4 nitrogen and oxygen atoms in total. The van der Waals surface area contributed by atoms with Gasteiger partial charge in [0.15, 0.2) is 11.5 Å². The second-order valence-electron chi connectivity index (χ2n) is 6.52. The lowest BCUT2D eigenvalue weighted by molar-refractivity contribution is -0.142. The lowest BCUT2D eigenvalue weighted by Crippen LogP contribution is -2.34. The zero-order valence-electron chi connectivity index (χ0n) is 15.9. The van der Waals surface area contributed by atoms with Crippen LogP contribution in [0.1, 0.15) is 30.5 Å². The fraction of sp³-hybridized carbons (Fsp3) is 0.350. The molecule has 2 rings (SSSR count). The lowest BCUT2D eigenvalue weighted by atomic mass is 9.97. The molecule has 0 unspecified atom stereocenters. The van der Waals surface area contributed by atoms with Gasteiger partial charge in [0.25, 0.3) is 0 Å². The fourth-order valence-electron chi connectivity index (χ4n) is 2.82. The number of anilines is 1. The molecule has 0 radical (unpaired) electrons. The van der Waals surface area contributed by atoms with Crippen molar-refractivity contribution in [3.05, 3.63) is 59.2 Å². The van der Waals surface area contributed by atoms with E-state index in [0.717, 1.165) is 5.56 Å². The van der Waals surface area contributed by atoms with E-state index in [9.17, 15) is 22.4 Å². The Bertz CT molecular complexity index is 828. The Labute approximate surface area is 161 Å². The van der Waals surface area contributed by atoms with Gasteiger partial charge < -0.3 is 15.0 Å². The fourth-order valence-corrected chi connectivity index (χ4v) is 2.82. The molecule has 0 aliphatic carbocycles. The lowest BCUT2D eigenvalue weighted by Gasteiger charge is -2.32. The molecule has 0 saturated carbocycles. The van der Waals surface area contributed by atoms with Crippen LogP contribution in [0.2, 0.25) is 0 Å². The number of rotatable bonds is 6. The normalized spacial score (nSPS) is 15.5. The Morgan fingerprint density at radius 1 is 1.43 bits per heavy atom. The van der Waals surface area contributed by atoms with Gasteiger partial charge in [-0.1, -0.05) is 18.7 Å². The van der Waals surface area contributed by atoms with E-state index in [1.54, 1.807) is 25.3 Å². The number of benzene rings is 1. The molecule has 8 heteroatoms. The zero-order chi connectivity index (χ0) is 21.1. The summed E-state index contributed by atoms with van der Waals surface area (Å²) in [5.74, 6) is -1.85. The average Bonchev–Trinajstić information content (AvgIpc) is 2.63. The Kier molecular flexibility index (Phi) is 6.53. The van der Waals surface area contributed by atoms with Crippen molar-refractivity contribution >= 4 is 17.7 Å². The van der Waals surface area contributed by atoms with Crippen LogP contribution in [-0.2, 0) is 16.1 Å². The first-order chi connectivity index (χ1) is 13.0. The first kappa shape index (κ1) is 21.5. The number of nitrogens with one attached hydrogen (secondary N) is 1. The predicted octanol–water partition coefficient (Wildman–Crippen LogP) is 5.07. The number of carbonyl (C=O) groups is 1. The minimum absolute atomic E-state index is 0.116. The summed E-state index contributed by atoms with van der Waals surface area (Å²) in [7, 11) is 0. The minimum atomic E-state index is -4.89. The first-order valence-corrected chi connectivity index (χ1v) is 8.60. The highest BCUT2D eigenvalue weighted by Gasteiger charge is 2.37. The number of nitrogens with zero attached hydrogens (tertiary/aromatic N) is 1. The Morgan fingerprint density at radius 2 is 2.11 bits per heavy atom. The molecule has 1 heterocycles. The van der Waals surface area contributed by atoms with E-state index in [2.05, 4.69) is 11.9 Å². The maximum absolute atomic E-state index is 13.8. The molecule has 0 spiro atoms. The van der Waals surface area contributed by atoms with E-state index >= 15 is 0 Å². The van der Waals surface area contributed by atoms with Gasteiger partial charge >= 0.3 is 12.1 Å². The first-order valence-electron chi connectivity index (χ1n) is 8.60. The van der Waals surface area contributed by atoms with Gasteiger partial charge in [-0.3, -0.25) is 4.79 Å². The van der Waals surface area contributed by atoms with Crippen molar-refractivity contribution in [3.8, 4) is 0 Å². The van der Waals surface area contributed by atoms with Gasteiger partial charge in [0.05, 0.1) is 6.04 Å². The zero-order valence-corrected chi connectivity index (χ0v) is 15.9. The largest absolute Gasteiger partial charge is 0.464 e. The molecule has 1 aliphatic heterocycles. The Balaban J connectivity index is 2.35. The minimum Gasteiger partial charge on any atom is -0.464 e. The topological polar surface area (TPSA) is 41.6 Å². The number of halogens is 4. The number of esters is 1. The number of hydrogen-bond acceptors (Lipinski definition) is 4. The SMILES string of the molecule is C=C/C(F)=C(\Nc1c(C)ccc2c1C=CN([C@H](C)COC(C)=O)C2)C(F)(F)F. The predicted molar refractivity (Wildman–Crippen MR) is 99.9 cm³/mol. The third-order valence-electron chi connectivity index (χ3n) is 4.38. The summed E-state index contributed by atoms with van der Waals surface area (Å²) in [5.41, 5.74) is 0.562. The molecular formula is C20H22F4N2O2. The number of ether oxygens (including phenoxy) is 1. The van der Waals surface area contributed by atoms with Crippen LogP contribution in [-0.4, -0.2) is 29.7 Å². The van der Waals surface area contributed by atoms with Crippen LogP contribution in [0.3, 0.4) is 0 Å². The van der Waals surface area contributed by atoms with E-state index < -0.39 is 17.7 Å². The summed E-state index contributed by atoms with van der Waals surface area (Å²) in [6, 6.07) is 3.37. The summed E-state index contributed by atoms with van der Waals surface area (Å²) in [6.45, 7) is 8.52. The van der Waals surface area contributed by atoms with Crippen molar-refractivity contribution in [3.63, 3.8) is 0 Å². The molecular weight excluding hydrogens is 376 g/mol. The van der Waals surface area contributed by atoms with E-state index in [1.807, 2.05) is 17.9 Å². The molecule has 28 heavy (non-hydrogen) atoms. The van der Waals surface area contributed by atoms with Crippen LogP contribution >= 0.6 is 0 Å². The van der Waals surface area contributed by atoms with Gasteiger partial charge in [-0.15, -0.1) is 0 Å². The van der Waals surface area contributed by atoms with Crippen LogP contribution in [0.4, 0.5) is 23.2 Å². The second-order valence-corrected chi connectivity index (χ2v) is 6.52. The standard InChI is InChI=1S/C20H22F4N2O2/c1-5-17(21)19(20(22,23)24)25-18-12(2)6-7-15-10-26(9-8-16(15)18)13(3)11-28-14(4)27/h5-9,13,25H,1,10-11H2,2-4H3/b19-17+/t13-/m1/s1. The second kappa shape index (κ2) is 8.50. The molecule has 0 fully saturated rings. The number of alkyl halides is 3. The summed E-state index contributed by atoms with van der Waals surface area (Å²) in [4.78, 5) is 12.9. The molecule has 0 saturated heterocycles. The number of allylic oxidation sites excluding steroid dienone is 3. The van der Waals surface area contributed by atoms with Crippen LogP contribution in [0.5, 0.6) is 0 Å². The van der Waals surface area contributed by atoms with Gasteiger partial charge in [0, 0.05) is 30.9 Å². The highest BCUT2D eigenvalue weighted by atomic mass is 19.4. The van der Waals surface area contributed by atoms with E-state index in [1.165, 1.54) is 6.92 Å². The van der Waals surface area contributed by atoms with Gasteiger partial charge in [-0.25, -0.2) is 4.39 Å². The van der Waals surface area contributed by atoms with Crippen molar-refractivity contribution in [1.82, 2.24) is 4.90 Å². The molecule has 152 valence electrons. The number of fused-ring (bicyclic) bond motifs is 1. The van der Waals surface area contributed by atoms with Gasteiger partial charge in [-0.2, -0.15) is 13.2 Å². The number of hydrogen-bond donors (Lipinski definition) is 1. The Morgan fingerprint density at radius 3 is 2.68 bits per heavy atom. The molecule has 1 aliphatic rings. The molecule has 0 aromatic heterocycles. The molecule has 1 aromatic rings.